The van der Waals surface area contributed by atoms with E-state index in [2.05, 4.69) is 109 Å². The van der Waals surface area contributed by atoms with Crippen molar-refractivity contribution in [1.82, 2.24) is 14.9 Å². The first-order chi connectivity index (χ1) is 19.8. The van der Waals surface area contributed by atoms with Gasteiger partial charge >= 0.3 is 6.09 Å². The third kappa shape index (κ3) is 5.58. The zero-order valence-corrected chi connectivity index (χ0v) is 26.8. The smallest absolute Gasteiger partial charge is 0.407 e. The Kier molecular flexibility index (Phi) is 7.99. The number of aryl methyl sites for hydroxylation is 3. The molecule has 2 aliphatic heterocycles. The van der Waals surface area contributed by atoms with E-state index >= 15 is 0 Å². The molecule has 2 aromatic carbocycles. The van der Waals surface area contributed by atoms with Gasteiger partial charge < -0.3 is 19.8 Å². The second-order valence-corrected chi connectivity index (χ2v) is 13.7. The summed E-state index contributed by atoms with van der Waals surface area (Å²) in [6.07, 6.45) is -0.0193. The Morgan fingerprint density at radius 2 is 1.69 bits per heavy atom. The molecule has 0 bridgehead atoms. The number of carbonyl (C=O) groups is 1. The molecule has 5 rings (SSSR count). The van der Waals surface area contributed by atoms with Crippen LogP contribution in [0.3, 0.4) is 0 Å². The van der Waals surface area contributed by atoms with E-state index < -0.39 is 6.09 Å². The van der Waals surface area contributed by atoms with E-state index in [0.717, 1.165) is 53.5 Å². The van der Waals surface area contributed by atoms with E-state index in [9.17, 15) is 9.90 Å². The molecule has 1 amide bonds. The van der Waals surface area contributed by atoms with E-state index in [0.29, 0.717) is 19.0 Å². The van der Waals surface area contributed by atoms with Gasteiger partial charge in [0.2, 0.25) is 0 Å². The zero-order chi connectivity index (χ0) is 30.5. The second-order valence-electron chi connectivity index (χ2n) is 13.7. The predicted octanol–water partition coefficient (Wildman–Crippen LogP) is 7.36. The molecule has 2 atom stereocenters. The lowest BCUT2D eigenvalue weighted by molar-refractivity contribution is 0.0561. The van der Waals surface area contributed by atoms with Crippen LogP contribution in [0.25, 0.3) is 11.4 Å². The second kappa shape index (κ2) is 11.2. The highest BCUT2D eigenvalue weighted by Gasteiger charge is 2.44. The van der Waals surface area contributed by atoms with Crippen molar-refractivity contribution in [2.45, 2.75) is 93.3 Å². The third-order valence-electron chi connectivity index (χ3n) is 9.18. The molecule has 1 aromatic heterocycles. The molecule has 0 aliphatic carbocycles. The van der Waals surface area contributed by atoms with Crippen molar-refractivity contribution in [3.05, 3.63) is 69.9 Å². The van der Waals surface area contributed by atoms with Crippen LogP contribution >= 0.6 is 0 Å². The molecule has 3 heterocycles. The van der Waals surface area contributed by atoms with Crippen LogP contribution < -0.4 is 9.80 Å². The first-order valence-electron chi connectivity index (χ1n) is 15.4. The average Bonchev–Trinajstić information content (AvgIpc) is 2.92. The van der Waals surface area contributed by atoms with E-state index in [1.165, 1.54) is 22.4 Å². The Morgan fingerprint density at radius 3 is 2.36 bits per heavy atom. The van der Waals surface area contributed by atoms with Gasteiger partial charge in [0.05, 0.1) is 11.7 Å². The van der Waals surface area contributed by atoms with Gasteiger partial charge in [0, 0.05) is 55.5 Å². The number of nitrogens with zero attached hydrogens (tertiary/aromatic N) is 5. The molecule has 0 spiro atoms. The highest BCUT2D eigenvalue weighted by atomic mass is 16.4. The number of piperazine rings is 1. The minimum absolute atomic E-state index is 0.0540. The molecule has 2 aliphatic rings. The molecule has 3 aromatic rings. The molecular formula is C35H47N5O2. The normalized spacial score (nSPS) is 19.3. The van der Waals surface area contributed by atoms with Gasteiger partial charge in [-0.05, 0) is 67.9 Å². The van der Waals surface area contributed by atoms with Gasteiger partial charge in [-0.15, -0.1) is 0 Å². The first-order valence-corrected chi connectivity index (χ1v) is 15.4. The van der Waals surface area contributed by atoms with Crippen LogP contribution in [0, 0.1) is 26.2 Å². The van der Waals surface area contributed by atoms with E-state index in [-0.39, 0.29) is 17.5 Å². The molecule has 7 heteroatoms. The topological polar surface area (TPSA) is 72.8 Å². The molecule has 0 radical (unpaired) electrons. The lowest BCUT2D eigenvalue weighted by Crippen LogP contribution is -2.64. The fourth-order valence-corrected chi connectivity index (χ4v) is 6.96. The summed E-state index contributed by atoms with van der Waals surface area (Å²) in [7, 11) is 0. The van der Waals surface area contributed by atoms with Crippen LogP contribution in [0.5, 0.6) is 0 Å². The molecule has 1 saturated heterocycles. The summed E-state index contributed by atoms with van der Waals surface area (Å²) < 4.78 is 0. The maximum Gasteiger partial charge on any atom is 0.407 e. The highest BCUT2D eigenvalue weighted by Crippen LogP contribution is 2.39. The van der Waals surface area contributed by atoms with Crippen LogP contribution in [-0.2, 0) is 13.0 Å². The summed E-state index contributed by atoms with van der Waals surface area (Å²) in [6.45, 7) is 22.1. The monoisotopic (exact) mass is 569 g/mol. The Bertz CT molecular complexity index is 1490. The number of benzene rings is 2. The minimum Gasteiger partial charge on any atom is -0.465 e. The maximum absolute atomic E-state index is 12.3. The van der Waals surface area contributed by atoms with Gasteiger partial charge in [0.15, 0.2) is 5.82 Å². The van der Waals surface area contributed by atoms with Gasteiger partial charge in [-0.25, -0.2) is 14.8 Å². The number of anilines is 2. The molecule has 2 unspecified atom stereocenters. The van der Waals surface area contributed by atoms with Gasteiger partial charge in [0.25, 0.3) is 0 Å². The summed E-state index contributed by atoms with van der Waals surface area (Å²) in [5, 5.41) is 10.1. The lowest BCUT2D eigenvalue weighted by Gasteiger charge is -2.51. The summed E-state index contributed by atoms with van der Waals surface area (Å²) in [4.78, 5) is 29.3. The van der Waals surface area contributed by atoms with Crippen molar-refractivity contribution in [3.8, 4) is 11.4 Å². The number of carboxylic acid groups (broad SMARTS) is 1. The fraction of sp³-hybridized carbons (Fsp3) is 0.514. The number of hydrogen-bond acceptors (Lipinski definition) is 5. The standard InChI is InChI=1S/C35H47N5O2/c1-21(2)26-13-12-24(5)30(19-26)38-15-14-29-28(20-38)33(37-32(36-29)27-18-22(3)10-11-23(27)4)39-16-17-40(34(41)42)31(25(39)6)35(7,8)9/h10-13,18-19,21,25,31H,14-17,20H2,1-9H3,(H,41,42). The highest BCUT2D eigenvalue weighted by molar-refractivity contribution is 5.69. The summed E-state index contributed by atoms with van der Waals surface area (Å²) >= 11 is 0. The van der Waals surface area contributed by atoms with Gasteiger partial charge in [-0.3, -0.25) is 0 Å². The maximum atomic E-state index is 12.3. The number of rotatable bonds is 4. The van der Waals surface area contributed by atoms with Crippen molar-refractivity contribution in [1.29, 1.82) is 0 Å². The summed E-state index contributed by atoms with van der Waals surface area (Å²) in [5.74, 6) is 2.17. The van der Waals surface area contributed by atoms with Crippen LogP contribution in [0.1, 0.15) is 81.0 Å². The number of fused-ring (bicyclic) bond motifs is 1. The van der Waals surface area contributed by atoms with Crippen LogP contribution in [0.2, 0.25) is 0 Å². The van der Waals surface area contributed by atoms with Crippen molar-refractivity contribution in [2.24, 2.45) is 5.41 Å². The van der Waals surface area contributed by atoms with Crippen LogP contribution in [-0.4, -0.2) is 57.8 Å². The number of aromatic nitrogens is 2. The molecule has 42 heavy (non-hydrogen) atoms. The Morgan fingerprint density at radius 1 is 0.976 bits per heavy atom. The SMILES string of the molecule is Cc1ccc(C)c(-c2nc3c(c(N4CCN(C(=O)O)C(C(C)(C)C)C4C)n2)CN(c2cc(C(C)C)ccc2C)CC3)c1. The summed E-state index contributed by atoms with van der Waals surface area (Å²) in [6, 6.07) is 13.0. The van der Waals surface area contributed by atoms with Crippen molar-refractivity contribution in [3.63, 3.8) is 0 Å². The van der Waals surface area contributed by atoms with Crippen molar-refractivity contribution in [2.75, 3.05) is 29.4 Å². The van der Waals surface area contributed by atoms with Gasteiger partial charge in [-0.1, -0.05) is 64.4 Å². The average molecular weight is 570 g/mol. The Labute approximate surface area is 251 Å². The largest absolute Gasteiger partial charge is 0.465 e. The van der Waals surface area contributed by atoms with E-state index in [4.69, 9.17) is 9.97 Å². The molecule has 224 valence electrons. The Hall–Kier alpha value is -3.61. The third-order valence-corrected chi connectivity index (χ3v) is 9.18. The van der Waals surface area contributed by atoms with Crippen molar-refractivity contribution >= 4 is 17.6 Å². The van der Waals surface area contributed by atoms with E-state index in [1.807, 2.05) is 0 Å². The zero-order valence-electron chi connectivity index (χ0n) is 26.8. The molecule has 7 nitrogen and oxygen atoms in total. The number of hydrogen-bond donors (Lipinski definition) is 1. The quantitative estimate of drug-likeness (QED) is 0.354. The molecule has 1 N–H and O–H groups in total. The van der Waals surface area contributed by atoms with Crippen LogP contribution in [0.15, 0.2) is 36.4 Å². The van der Waals surface area contributed by atoms with Crippen molar-refractivity contribution < 1.29 is 9.90 Å². The minimum atomic E-state index is -0.853. The fourth-order valence-electron chi connectivity index (χ4n) is 6.96. The molecule has 0 saturated carbocycles. The molecule has 1 fully saturated rings. The molecular weight excluding hydrogens is 522 g/mol. The van der Waals surface area contributed by atoms with Crippen LogP contribution in [0.4, 0.5) is 16.3 Å². The Balaban J connectivity index is 1.65. The number of amides is 1. The van der Waals surface area contributed by atoms with Gasteiger partial charge in [0.1, 0.15) is 5.82 Å². The van der Waals surface area contributed by atoms with E-state index in [1.54, 1.807) is 4.90 Å². The summed E-state index contributed by atoms with van der Waals surface area (Å²) in [5.41, 5.74) is 9.31. The first kappa shape index (κ1) is 29.9. The lowest BCUT2D eigenvalue weighted by atomic mass is 9.79. The predicted molar refractivity (Wildman–Crippen MR) is 172 cm³/mol. The van der Waals surface area contributed by atoms with Gasteiger partial charge in [-0.2, -0.15) is 0 Å².